The van der Waals surface area contributed by atoms with E-state index in [4.69, 9.17) is 0 Å². The van der Waals surface area contributed by atoms with Crippen LogP contribution in [-0.2, 0) is 21.9 Å². The van der Waals surface area contributed by atoms with Gasteiger partial charge in [0, 0.05) is 18.7 Å². The van der Waals surface area contributed by atoms with Crippen molar-refractivity contribution in [2.24, 2.45) is 0 Å². The molecule has 6 heteroatoms. The number of fused-ring (bicyclic) bond motifs is 1. The van der Waals surface area contributed by atoms with Crippen LogP contribution in [0.1, 0.15) is 42.3 Å². The largest absolute Gasteiger partial charge is 0.351 e. The van der Waals surface area contributed by atoms with E-state index in [0.29, 0.717) is 12.1 Å². The van der Waals surface area contributed by atoms with E-state index >= 15 is 0 Å². The van der Waals surface area contributed by atoms with Crippen molar-refractivity contribution in [3.63, 3.8) is 0 Å². The van der Waals surface area contributed by atoms with Crippen molar-refractivity contribution in [1.29, 1.82) is 0 Å². The number of amides is 1. The summed E-state index contributed by atoms with van der Waals surface area (Å²) in [5.74, 6) is -0.375. The van der Waals surface area contributed by atoms with Gasteiger partial charge in [0.1, 0.15) is 0 Å². The summed E-state index contributed by atoms with van der Waals surface area (Å²) < 4.78 is 26.7. The fourth-order valence-electron chi connectivity index (χ4n) is 3.22. The Morgan fingerprint density at radius 1 is 1.07 bits per heavy atom. The second-order valence-corrected chi connectivity index (χ2v) is 9.86. The molecule has 0 radical (unpaired) electrons. The van der Waals surface area contributed by atoms with Crippen molar-refractivity contribution >= 4 is 21.6 Å². The molecule has 0 spiro atoms. The summed E-state index contributed by atoms with van der Waals surface area (Å²) in [7, 11) is -3.46. The molecule has 0 saturated carbocycles. The van der Waals surface area contributed by atoms with Gasteiger partial charge < -0.3 is 5.32 Å². The molecule has 1 amide bonds. The highest BCUT2D eigenvalue weighted by Crippen LogP contribution is 2.29. The first-order chi connectivity index (χ1) is 12.7. The van der Waals surface area contributed by atoms with Crippen molar-refractivity contribution in [2.75, 3.05) is 23.1 Å². The van der Waals surface area contributed by atoms with Crippen molar-refractivity contribution in [3.05, 3.63) is 65.2 Å². The molecule has 27 heavy (non-hydrogen) atoms. The van der Waals surface area contributed by atoms with E-state index in [1.807, 2.05) is 36.4 Å². The number of sulfonamides is 1. The molecular formula is C21H26N2O3S. The van der Waals surface area contributed by atoms with E-state index in [-0.39, 0.29) is 23.6 Å². The normalized spacial score (nSPS) is 14.1. The maximum absolute atomic E-state index is 12.6. The molecular weight excluding hydrogens is 360 g/mol. The molecule has 5 nitrogen and oxygen atoms in total. The van der Waals surface area contributed by atoms with Crippen LogP contribution in [0.4, 0.5) is 5.69 Å². The summed E-state index contributed by atoms with van der Waals surface area (Å²) in [6.07, 6.45) is 0.724. The zero-order valence-corrected chi connectivity index (χ0v) is 16.8. The monoisotopic (exact) mass is 386 g/mol. The predicted octanol–water partition coefficient (Wildman–Crippen LogP) is 3.11. The van der Waals surface area contributed by atoms with Gasteiger partial charge >= 0.3 is 0 Å². The Labute approximate surface area is 161 Å². The summed E-state index contributed by atoms with van der Waals surface area (Å²) in [5.41, 5.74) is 3.50. The summed E-state index contributed by atoms with van der Waals surface area (Å²) in [4.78, 5) is 12.3. The lowest BCUT2D eigenvalue weighted by molar-refractivity contribution is 0.0956. The quantitative estimate of drug-likeness (QED) is 0.859. The molecule has 1 N–H and O–H groups in total. The highest BCUT2D eigenvalue weighted by atomic mass is 32.2. The molecule has 0 fully saturated rings. The second kappa shape index (κ2) is 7.35. The van der Waals surface area contributed by atoms with Crippen molar-refractivity contribution in [2.45, 2.75) is 32.6 Å². The zero-order valence-electron chi connectivity index (χ0n) is 16.0. The van der Waals surface area contributed by atoms with E-state index in [1.54, 1.807) is 12.1 Å². The van der Waals surface area contributed by atoms with E-state index in [2.05, 4.69) is 26.1 Å². The summed E-state index contributed by atoms with van der Waals surface area (Å²) in [6, 6.07) is 15.0. The van der Waals surface area contributed by atoms with Gasteiger partial charge in [-0.2, -0.15) is 0 Å². The van der Waals surface area contributed by atoms with E-state index < -0.39 is 10.0 Å². The SMILES string of the molecule is CC(C)(C)c1ccc(C(=O)NCCS(=O)(=O)N2CCc3ccccc32)cc1. The number of carbonyl (C=O) groups is 1. The smallest absolute Gasteiger partial charge is 0.251 e. The third-order valence-electron chi connectivity index (χ3n) is 4.84. The van der Waals surface area contributed by atoms with Gasteiger partial charge in [-0.05, 0) is 41.2 Å². The van der Waals surface area contributed by atoms with Crippen molar-refractivity contribution in [3.8, 4) is 0 Å². The first-order valence-electron chi connectivity index (χ1n) is 9.15. The van der Waals surface area contributed by atoms with Crippen LogP contribution in [0.3, 0.4) is 0 Å². The summed E-state index contributed by atoms with van der Waals surface area (Å²) in [5, 5.41) is 2.72. The first kappa shape index (κ1) is 19.4. The number of nitrogens with zero attached hydrogens (tertiary/aromatic N) is 1. The van der Waals surface area contributed by atoms with Crippen LogP contribution in [0.5, 0.6) is 0 Å². The lowest BCUT2D eigenvalue weighted by Crippen LogP contribution is -2.37. The van der Waals surface area contributed by atoms with E-state index in [0.717, 1.165) is 23.2 Å². The van der Waals surface area contributed by atoms with Crippen LogP contribution in [0.2, 0.25) is 0 Å². The molecule has 0 aromatic heterocycles. The van der Waals surface area contributed by atoms with Crippen molar-refractivity contribution < 1.29 is 13.2 Å². The highest BCUT2D eigenvalue weighted by molar-refractivity contribution is 7.92. The van der Waals surface area contributed by atoms with Crippen LogP contribution in [0, 0.1) is 0 Å². The number of hydrogen-bond acceptors (Lipinski definition) is 3. The first-order valence-corrected chi connectivity index (χ1v) is 10.8. The number of nitrogens with one attached hydrogen (secondary N) is 1. The minimum atomic E-state index is -3.46. The fourth-order valence-corrected chi connectivity index (χ4v) is 4.65. The predicted molar refractivity (Wildman–Crippen MR) is 109 cm³/mol. The number of rotatable bonds is 5. The van der Waals surface area contributed by atoms with Crippen LogP contribution in [0.15, 0.2) is 48.5 Å². The van der Waals surface area contributed by atoms with E-state index in [9.17, 15) is 13.2 Å². The molecule has 3 rings (SSSR count). The number of hydrogen-bond donors (Lipinski definition) is 1. The maximum atomic E-state index is 12.6. The van der Waals surface area contributed by atoms with Gasteiger partial charge in [-0.25, -0.2) is 8.42 Å². The van der Waals surface area contributed by atoms with Gasteiger partial charge in [-0.15, -0.1) is 0 Å². The Morgan fingerprint density at radius 2 is 1.74 bits per heavy atom. The lowest BCUT2D eigenvalue weighted by Gasteiger charge is -2.20. The van der Waals surface area contributed by atoms with E-state index in [1.165, 1.54) is 4.31 Å². The Kier molecular flexibility index (Phi) is 5.29. The molecule has 1 aliphatic rings. The molecule has 1 aliphatic heterocycles. The number of para-hydroxylation sites is 1. The molecule has 144 valence electrons. The molecule has 0 saturated heterocycles. The van der Waals surface area contributed by atoms with Gasteiger partial charge in [-0.1, -0.05) is 51.1 Å². The molecule has 1 heterocycles. The number of benzene rings is 2. The Hall–Kier alpha value is -2.34. The highest BCUT2D eigenvalue weighted by Gasteiger charge is 2.28. The van der Waals surface area contributed by atoms with Crippen molar-refractivity contribution in [1.82, 2.24) is 5.32 Å². The zero-order chi connectivity index (χ0) is 19.7. The average molecular weight is 387 g/mol. The lowest BCUT2D eigenvalue weighted by atomic mass is 9.87. The Morgan fingerprint density at radius 3 is 2.41 bits per heavy atom. The van der Waals surface area contributed by atoms with Crippen LogP contribution in [0.25, 0.3) is 0 Å². The van der Waals surface area contributed by atoms with Gasteiger partial charge in [0.15, 0.2) is 0 Å². The topological polar surface area (TPSA) is 66.5 Å². The van der Waals surface area contributed by atoms with Crippen LogP contribution >= 0.6 is 0 Å². The van der Waals surface area contributed by atoms with Gasteiger partial charge in [0.05, 0.1) is 11.4 Å². The standard InChI is InChI=1S/C21H26N2O3S/c1-21(2,3)18-10-8-17(9-11-18)20(24)22-13-15-27(25,26)23-14-12-16-6-4-5-7-19(16)23/h4-11H,12-15H2,1-3H3,(H,22,24). The average Bonchev–Trinajstić information content (AvgIpc) is 3.06. The van der Waals surface area contributed by atoms with Gasteiger partial charge in [0.2, 0.25) is 10.0 Å². The number of carbonyl (C=O) groups excluding carboxylic acids is 1. The molecule has 0 atom stereocenters. The molecule has 2 aromatic carbocycles. The Balaban J connectivity index is 1.58. The molecule has 0 aliphatic carbocycles. The third-order valence-corrected chi connectivity index (χ3v) is 6.61. The molecule has 0 bridgehead atoms. The minimum Gasteiger partial charge on any atom is -0.351 e. The maximum Gasteiger partial charge on any atom is 0.251 e. The number of anilines is 1. The van der Waals surface area contributed by atoms with Crippen LogP contribution < -0.4 is 9.62 Å². The molecule has 2 aromatic rings. The minimum absolute atomic E-state index is 0.0229. The van der Waals surface area contributed by atoms with Crippen LogP contribution in [-0.4, -0.2) is 33.2 Å². The van der Waals surface area contributed by atoms with Gasteiger partial charge in [-0.3, -0.25) is 9.10 Å². The fraction of sp³-hybridized carbons (Fsp3) is 0.381. The summed E-state index contributed by atoms with van der Waals surface area (Å²) in [6.45, 7) is 6.89. The third kappa shape index (κ3) is 4.33. The molecule has 0 unspecified atom stereocenters. The second-order valence-electron chi connectivity index (χ2n) is 7.85. The summed E-state index contributed by atoms with van der Waals surface area (Å²) >= 11 is 0. The van der Waals surface area contributed by atoms with Gasteiger partial charge in [0.25, 0.3) is 5.91 Å². The Bertz CT molecular complexity index is 929.